The van der Waals surface area contributed by atoms with Gasteiger partial charge in [0.1, 0.15) is 5.41 Å². The summed E-state index contributed by atoms with van der Waals surface area (Å²) in [6, 6.07) is 7.44. The quantitative estimate of drug-likeness (QED) is 0.828. The predicted molar refractivity (Wildman–Crippen MR) is 82.0 cm³/mol. The van der Waals surface area contributed by atoms with Crippen LogP contribution in [-0.4, -0.2) is 24.1 Å². The van der Waals surface area contributed by atoms with Crippen molar-refractivity contribution in [2.45, 2.75) is 12.8 Å². The molecule has 2 rings (SSSR count). The number of nitrogens with one attached hydrogen (secondary N) is 1. The first-order valence-corrected chi connectivity index (χ1v) is 7.20. The second-order valence-electron chi connectivity index (χ2n) is 4.49. The number of thiocarbonyl (C=S) groups is 1. The number of hydrogen-bond acceptors (Lipinski definition) is 3. The number of hydrogen-bond donors (Lipinski definition) is 2. The summed E-state index contributed by atoms with van der Waals surface area (Å²) >= 11 is 8.50. The van der Waals surface area contributed by atoms with Crippen molar-refractivity contribution in [1.82, 2.24) is 0 Å². The standard InChI is InChI=1S/C13H15BrN2O2S/c14-9-3-1-2-4-10(9)16-12(17)13(11(15)19)5-7-18-8-6-13/h1-4H,5-8H2,(H2,15,19)(H,16,17). The highest BCUT2D eigenvalue weighted by atomic mass is 79.9. The number of amides is 1. The molecule has 4 nitrogen and oxygen atoms in total. The van der Waals surface area contributed by atoms with Gasteiger partial charge in [0.05, 0.1) is 10.7 Å². The van der Waals surface area contributed by atoms with Crippen molar-refractivity contribution in [1.29, 1.82) is 0 Å². The molecule has 0 saturated carbocycles. The van der Waals surface area contributed by atoms with Gasteiger partial charge in [-0.15, -0.1) is 0 Å². The molecule has 1 heterocycles. The van der Waals surface area contributed by atoms with Crippen LogP contribution in [0.2, 0.25) is 0 Å². The Balaban J connectivity index is 2.21. The van der Waals surface area contributed by atoms with Gasteiger partial charge in [-0.2, -0.15) is 0 Å². The van der Waals surface area contributed by atoms with Crippen LogP contribution in [0, 0.1) is 5.41 Å². The maximum absolute atomic E-state index is 12.5. The van der Waals surface area contributed by atoms with Crippen LogP contribution < -0.4 is 11.1 Å². The molecule has 0 aliphatic carbocycles. The zero-order valence-corrected chi connectivity index (χ0v) is 12.7. The first-order valence-electron chi connectivity index (χ1n) is 6.00. The fourth-order valence-electron chi connectivity index (χ4n) is 2.11. The van der Waals surface area contributed by atoms with Crippen LogP contribution in [0.5, 0.6) is 0 Å². The Kier molecular flexibility index (Phi) is 4.54. The molecular weight excluding hydrogens is 328 g/mol. The van der Waals surface area contributed by atoms with E-state index >= 15 is 0 Å². The maximum atomic E-state index is 12.5. The van der Waals surface area contributed by atoms with Crippen LogP contribution in [0.3, 0.4) is 0 Å². The molecule has 0 atom stereocenters. The molecule has 6 heteroatoms. The van der Waals surface area contributed by atoms with Crippen LogP contribution in [0.15, 0.2) is 28.7 Å². The molecule has 1 saturated heterocycles. The lowest BCUT2D eigenvalue weighted by Crippen LogP contribution is -2.49. The fraction of sp³-hybridized carbons (Fsp3) is 0.385. The summed E-state index contributed by atoms with van der Waals surface area (Å²) in [6.07, 6.45) is 1.05. The Labute approximate surface area is 125 Å². The van der Waals surface area contributed by atoms with Gasteiger partial charge < -0.3 is 15.8 Å². The number of nitrogens with two attached hydrogens (primary N) is 1. The Hall–Kier alpha value is -0.980. The molecule has 1 fully saturated rings. The maximum Gasteiger partial charge on any atom is 0.237 e. The number of anilines is 1. The largest absolute Gasteiger partial charge is 0.392 e. The van der Waals surface area contributed by atoms with Crippen molar-refractivity contribution in [2.24, 2.45) is 11.1 Å². The van der Waals surface area contributed by atoms with E-state index in [1.54, 1.807) is 0 Å². The normalized spacial score (nSPS) is 17.7. The molecule has 0 unspecified atom stereocenters. The van der Waals surface area contributed by atoms with Crippen LogP contribution in [0.1, 0.15) is 12.8 Å². The van der Waals surface area contributed by atoms with Gasteiger partial charge in [0.15, 0.2) is 0 Å². The molecule has 1 aromatic rings. The number of ether oxygens (including phenoxy) is 1. The molecular formula is C13H15BrN2O2S. The Morgan fingerprint density at radius 1 is 1.37 bits per heavy atom. The lowest BCUT2D eigenvalue weighted by atomic mass is 9.79. The van der Waals surface area contributed by atoms with E-state index in [2.05, 4.69) is 21.2 Å². The van der Waals surface area contributed by atoms with Gasteiger partial charge in [0, 0.05) is 17.7 Å². The number of rotatable bonds is 3. The molecule has 0 radical (unpaired) electrons. The molecule has 1 aliphatic heterocycles. The van der Waals surface area contributed by atoms with E-state index in [-0.39, 0.29) is 10.9 Å². The predicted octanol–water partition coefficient (Wildman–Crippen LogP) is 2.47. The monoisotopic (exact) mass is 342 g/mol. The average Bonchev–Trinajstić information content (AvgIpc) is 2.42. The van der Waals surface area contributed by atoms with Crippen LogP contribution in [0.4, 0.5) is 5.69 Å². The first-order chi connectivity index (χ1) is 9.06. The summed E-state index contributed by atoms with van der Waals surface area (Å²) in [6.45, 7) is 1.00. The van der Waals surface area contributed by atoms with Crippen molar-refractivity contribution < 1.29 is 9.53 Å². The molecule has 1 aliphatic rings. The number of para-hydroxylation sites is 1. The molecule has 0 bridgehead atoms. The summed E-state index contributed by atoms with van der Waals surface area (Å²) < 4.78 is 6.12. The summed E-state index contributed by atoms with van der Waals surface area (Å²) in [4.78, 5) is 12.8. The van der Waals surface area contributed by atoms with E-state index in [9.17, 15) is 4.79 Å². The van der Waals surface area contributed by atoms with Crippen molar-refractivity contribution in [3.8, 4) is 0 Å². The second kappa shape index (κ2) is 5.98. The molecule has 0 aromatic heterocycles. The third-order valence-electron chi connectivity index (χ3n) is 3.37. The van der Waals surface area contributed by atoms with Crippen LogP contribution >= 0.6 is 28.1 Å². The van der Waals surface area contributed by atoms with Crippen LogP contribution in [-0.2, 0) is 9.53 Å². The van der Waals surface area contributed by atoms with Gasteiger partial charge >= 0.3 is 0 Å². The Morgan fingerprint density at radius 3 is 2.58 bits per heavy atom. The SMILES string of the molecule is NC(=S)C1(C(=O)Nc2ccccc2Br)CCOCC1. The lowest BCUT2D eigenvalue weighted by molar-refractivity contribution is -0.126. The highest BCUT2D eigenvalue weighted by Gasteiger charge is 2.43. The number of carbonyl (C=O) groups excluding carboxylic acids is 1. The molecule has 19 heavy (non-hydrogen) atoms. The van der Waals surface area contributed by atoms with Crippen molar-refractivity contribution in [3.05, 3.63) is 28.7 Å². The molecule has 3 N–H and O–H groups in total. The first kappa shape index (κ1) is 14.4. The third-order valence-corrected chi connectivity index (χ3v) is 4.46. The smallest absolute Gasteiger partial charge is 0.237 e. The van der Waals surface area contributed by atoms with E-state index in [0.29, 0.717) is 26.1 Å². The summed E-state index contributed by atoms with van der Waals surface area (Å²) in [5.74, 6) is -0.157. The van der Waals surface area contributed by atoms with Crippen LogP contribution in [0.25, 0.3) is 0 Å². The summed E-state index contributed by atoms with van der Waals surface area (Å²) in [5.41, 5.74) is 5.71. The highest BCUT2D eigenvalue weighted by Crippen LogP contribution is 2.33. The fourth-order valence-corrected chi connectivity index (χ4v) is 2.79. The third kappa shape index (κ3) is 2.96. The minimum Gasteiger partial charge on any atom is -0.392 e. The molecule has 0 spiro atoms. The summed E-state index contributed by atoms with van der Waals surface area (Å²) in [7, 11) is 0. The number of benzene rings is 1. The summed E-state index contributed by atoms with van der Waals surface area (Å²) in [5, 5.41) is 2.89. The number of halogens is 1. The number of carbonyl (C=O) groups is 1. The highest BCUT2D eigenvalue weighted by molar-refractivity contribution is 9.10. The molecule has 1 aromatic carbocycles. The Bertz CT molecular complexity index is 501. The van der Waals surface area contributed by atoms with Gasteiger partial charge in [0.2, 0.25) is 5.91 Å². The lowest BCUT2D eigenvalue weighted by Gasteiger charge is -2.34. The van der Waals surface area contributed by atoms with Crippen molar-refractivity contribution >= 4 is 44.7 Å². The molecule has 102 valence electrons. The van der Waals surface area contributed by atoms with Crippen molar-refractivity contribution in [2.75, 3.05) is 18.5 Å². The topological polar surface area (TPSA) is 64.4 Å². The van der Waals surface area contributed by atoms with Gasteiger partial charge in [-0.05, 0) is 40.9 Å². The average molecular weight is 343 g/mol. The zero-order chi connectivity index (χ0) is 13.9. The molecule has 1 amide bonds. The van der Waals surface area contributed by atoms with Gasteiger partial charge in [-0.1, -0.05) is 24.4 Å². The van der Waals surface area contributed by atoms with E-state index in [0.717, 1.165) is 10.2 Å². The second-order valence-corrected chi connectivity index (χ2v) is 5.79. The minimum atomic E-state index is -0.803. The Morgan fingerprint density at radius 2 is 2.00 bits per heavy atom. The van der Waals surface area contributed by atoms with Crippen molar-refractivity contribution in [3.63, 3.8) is 0 Å². The van der Waals surface area contributed by atoms with E-state index in [1.807, 2.05) is 24.3 Å². The van der Waals surface area contributed by atoms with Gasteiger partial charge in [-0.25, -0.2) is 0 Å². The van der Waals surface area contributed by atoms with E-state index in [4.69, 9.17) is 22.7 Å². The van der Waals surface area contributed by atoms with Gasteiger partial charge in [0.25, 0.3) is 0 Å². The zero-order valence-electron chi connectivity index (χ0n) is 10.3. The minimum absolute atomic E-state index is 0.157. The van der Waals surface area contributed by atoms with E-state index < -0.39 is 5.41 Å². The van der Waals surface area contributed by atoms with Gasteiger partial charge in [-0.3, -0.25) is 4.79 Å². The van der Waals surface area contributed by atoms with E-state index in [1.165, 1.54) is 0 Å².